The summed E-state index contributed by atoms with van der Waals surface area (Å²) < 4.78 is 19.6. The molecule has 1 aromatic heterocycles. The van der Waals surface area contributed by atoms with E-state index in [9.17, 15) is 19.1 Å². The number of aryl methyl sites for hydroxylation is 1. The number of nitrogens with zero attached hydrogens (tertiary/aromatic N) is 2. The van der Waals surface area contributed by atoms with Gasteiger partial charge in [-0.25, -0.2) is 4.39 Å². The van der Waals surface area contributed by atoms with Gasteiger partial charge in [0, 0.05) is 37.1 Å². The molecule has 2 aliphatic rings. The van der Waals surface area contributed by atoms with Gasteiger partial charge in [0.2, 0.25) is 5.91 Å². The van der Waals surface area contributed by atoms with Crippen LogP contribution in [-0.2, 0) is 4.79 Å². The fraction of sp³-hybridized carbons (Fsp3) is 0.500. The van der Waals surface area contributed by atoms with Crippen LogP contribution in [0.5, 0.6) is 0 Å². The van der Waals surface area contributed by atoms with Gasteiger partial charge in [-0.2, -0.15) is 0 Å². The smallest absolute Gasteiger partial charge is 0.289 e. The van der Waals surface area contributed by atoms with Gasteiger partial charge in [0.05, 0.1) is 18.7 Å². The number of hydrogen-bond donors (Lipinski definition) is 2. The number of amides is 2. The van der Waals surface area contributed by atoms with Crippen LogP contribution in [0.1, 0.15) is 29.0 Å². The monoisotopic (exact) mass is 389 g/mol. The zero-order valence-electron chi connectivity index (χ0n) is 15.9. The number of halogens is 1. The van der Waals surface area contributed by atoms with Crippen LogP contribution in [0.25, 0.3) is 11.0 Å². The number of nitrogens with one attached hydrogen (secondary N) is 1. The van der Waals surface area contributed by atoms with Crippen molar-refractivity contribution >= 4 is 22.8 Å². The summed E-state index contributed by atoms with van der Waals surface area (Å²) in [6.07, 6.45) is 0.561. The Hall–Kier alpha value is -2.45. The Morgan fingerprint density at radius 1 is 1.39 bits per heavy atom. The summed E-state index contributed by atoms with van der Waals surface area (Å²) in [5, 5.41) is 14.2. The molecule has 2 N–H and O–H groups in total. The predicted molar refractivity (Wildman–Crippen MR) is 100 cm³/mol. The van der Waals surface area contributed by atoms with Crippen LogP contribution in [0.15, 0.2) is 22.6 Å². The van der Waals surface area contributed by atoms with Gasteiger partial charge in [-0.15, -0.1) is 0 Å². The topological polar surface area (TPSA) is 86.0 Å². The number of aliphatic hydroxyl groups is 1. The molecule has 4 rings (SSSR count). The third kappa shape index (κ3) is 3.06. The van der Waals surface area contributed by atoms with E-state index in [-0.39, 0.29) is 41.8 Å². The molecule has 1 saturated heterocycles. The van der Waals surface area contributed by atoms with Crippen LogP contribution in [-0.4, -0.2) is 71.6 Å². The van der Waals surface area contributed by atoms with Gasteiger partial charge in [0.1, 0.15) is 0 Å². The normalized spacial score (nSPS) is 25.9. The first-order chi connectivity index (χ1) is 13.4. The van der Waals surface area contributed by atoms with E-state index in [1.165, 1.54) is 11.0 Å². The SMILES string of the molecule is Cc1c(C(=O)N(C)[C@@H]2CC[C@@H](N3CCNC(=O)C3)[C@@H]2O)oc2c(F)cccc12. The molecule has 1 aromatic carbocycles. The molecule has 150 valence electrons. The van der Waals surface area contributed by atoms with E-state index in [1.54, 1.807) is 26.1 Å². The van der Waals surface area contributed by atoms with E-state index in [0.717, 1.165) is 0 Å². The quantitative estimate of drug-likeness (QED) is 0.826. The van der Waals surface area contributed by atoms with Gasteiger partial charge in [0.25, 0.3) is 5.91 Å². The number of hydrogen-bond acceptors (Lipinski definition) is 5. The van der Waals surface area contributed by atoms with E-state index >= 15 is 0 Å². The molecule has 1 aliphatic heterocycles. The number of likely N-dealkylation sites (N-methyl/N-ethyl adjacent to an activating group) is 1. The molecule has 0 unspecified atom stereocenters. The lowest BCUT2D eigenvalue weighted by Gasteiger charge is -2.35. The lowest BCUT2D eigenvalue weighted by atomic mass is 10.1. The van der Waals surface area contributed by atoms with Crippen molar-refractivity contribution in [3.05, 3.63) is 35.3 Å². The summed E-state index contributed by atoms with van der Waals surface area (Å²) in [7, 11) is 1.63. The molecule has 7 nitrogen and oxygen atoms in total. The average Bonchev–Trinajstić information content (AvgIpc) is 3.22. The second-order valence-corrected chi connectivity index (χ2v) is 7.61. The molecule has 0 radical (unpaired) electrons. The second-order valence-electron chi connectivity index (χ2n) is 7.61. The highest BCUT2D eigenvalue weighted by Crippen LogP contribution is 2.32. The third-order valence-corrected chi connectivity index (χ3v) is 6.01. The predicted octanol–water partition coefficient (Wildman–Crippen LogP) is 1.28. The van der Waals surface area contributed by atoms with Crippen molar-refractivity contribution in [3.8, 4) is 0 Å². The zero-order valence-corrected chi connectivity index (χ0v) is 15.9. The first-order valence-electron chi connectivity index (χ1n) is 9.52. The van der Waals surface area contributed by atoms with Crippen molar-refractivity contribution in [3.63, 3.8) is 0 Å². The lowest BCUT2D eigenvalue weighted by Crippen LogP contribution is -2.55. The van der Waals surface area contributed by atoms with E-state index in [4.69, 9.17) is 4.42 Å². The Bertz CT molecular complexity index is 928. The second kappa shape index (κ2) is 7.18. The van der Waals surface area contributed by atoms with Crippen molar-refractivity contribution in [1.82, 2.24) is 15.1 Å². The molecule has 1 saturated carbocycles. The summed E-state index contributed by atoms with van der Waals surface area (Å²) in [6, 6.07) is 4.04. The number of aliphatic hydroxyl groups excluding tert-OH is 1. The van der Waals surface area contributed by atoms with Crippen molar-refractivity contribution in [2.45, 2.75) is 38.0 Å². The molecule has 2 aromatic rings. The molecule has 2 heterocycles. The highest BCUT2D eigenvalue weighted by molar-refractivity contribution is 5.99. The number of rotatable bonds is 3. The van der Waals surface area contributed by atoms with Crippen LogP contribution < -0.4 is 5.32 Å². The Kier molecular flexibility index (Phi) is 4.84. The fourth-order valence-corrected chi connectivity index (χ4v) is 4.43. The van der Waals surface area contributed by atoms with Gasteiger partial charge in [-0.1, -0.05) is 12.1 Å². The minimum Gasteiger partial charge on any atom is -0.448 e. The number of carbonyl (C=O) groups is 2. The third-order valence-electron chi connectivity index (χ3n) is 6.01. The average molecular weight is 389 g/mol. The van der Waals surface area contributed by atoms with Gasteiger partial charge < -0.3 is 19.7 Å². The molecule has 3 atom stereocenters. The molecule has 2 amide bonds. The molecule has 0 bridgehead atoms. The van der Waals surface area contributed by atoms with Crippen LogP contribution in [0, 0.1) is 12.7 Å². The summed E-state index contributed by atoms with van der Waals surface area (Å²) in [5.74, 6) is -0.845. The van der Waals surface area contributed by atoms with Gasteiger partial charge in [-0.3, -0.25) is 14.5 Å². The van der Waals surface area contributed by atoms with E-state index < -0.39 is 11.9 Å². The van der Waals surface area contributed by atoms with E-state index in [0.29, 0.717) is 36.9 Å². The Morgan fingerprint density at radius 2 is 2.18 bits per heavy atom. The Labute approximate surface area is 162 Å². The Morgan fingerprint density at radius 3 is 2.89 bits per heavy atom. The summed E-state index contributed by atoms with van der Waals surface area (Å²) in [5.41, 5.74) is 0.656. The first-order valence-corrected chi connectivity index (χ1v) is 9.52. The largest absolute Gasteiger partial charge is 0.448 e. The van der Waals surface area contributed by atoms with Crippen LogP contribution in [0.4, 0.5) is 4.39 Å². The number of para-hydroxylation sites is 1. The molecule has 0 spiro atoms. The minimum absolute atomic E-state index is 0.0498. The fourth-order valence-electron chi connectivity index (χ4n) is 4.43. The molecular weight excluding hydrogens is 365 g/mol. The van der Waals surface area contributed by atoms with E-state index in [2.05, 4.69) is 5.32 Å². The number of fused-ring (bicyclic) bond motifs is 1. The number of benzene rings is 1. The Balaban J connectivity index is 1.54. The highest BCUT2D eigenvalue weighted by Gasteiger charge is 2.43. The maximum atomic E-state index is 14.0. The number of furan rings is 1. The summed E-state index contributed by atoms with van der Waals surface area (Å²) >= 11 is 0. The molecule has 2 fully saturated rings. The highest BCUT2D eigenvalue weighted by atomic mass is 19.1. The summed E-state index contributed by atoms with van der Waals surface area (Å²) in [4.78, 5) is 28.1. The summed E-state index contributed by atoms with van der Waals surface area (Å²) in [6.45, 7) is 3.23. The standard InChI is InChI=1S/C20H24FN3O4/c1-11-12-4-3-5-13(21)19(12)28-18(11)20(27)23(2)14-6-7-15(17(14)26)24-9-8-22-16(25)10-24/h3-5,14-15,17,26H,6-10H2,1-2H3,(H,22,25)/t14-,15-,17-/m1/s1. The zero-order chi connectivity index (χ0) is 20.0. The minimum atomic E-state index is -0.763. The molecule has 8 heteroatoms. The van der Waals surface area contributed by atoms with Crippen LogP contribution >= 0.6 is 0 Å². The van der Waals surface area contributed by atoms with Crippen molar-refractivity contribution in [2.75, 3.05) is 26.7 Å². The van der Waals surface area contributed by atoms with E-state index in [1.807, 2.05) is 4.90 Å². The van der Waals surface area contributed by atoms with Gasteiger partial charge in [-0.05, 0) is 25.8 Å². The van der Waals surface area contributed by atoms with Crippen LogP contribution in [0.2, 0.25) is 0 Å². The molecule has 28 heavy (non-hydrogen) atoms. The first kappa shape index (κ1) is 18.9. The van der Waals surface area contributed by atoms with Crippen molar-refractivity contribution < 1.29 is 23.5 Å². The van der Waals surface area contributed by atoms with Gasteiger partial charge >= 0.3 is 0 Å². The van der Waals surface area contributed by atoms with Gasteiger partial charge in [0.15, 0.2) is 17.2 Å². The molecule has 1 aliphatic carbocycles. The molecular formula is C20H24FN3O4. The van der Waals surface area contributed by atoms with Crippen molar-refractivity contribution in [2.24, 2.45) is 0 Å². The number of piperazine rings is 1. The maximum absolute atomic E-state index is 14.0. The van der Waals surface area contributed by atoms with Crippen LogP contribution in [0.3, 0.4) is 0 Å². The lowest BCUT2D eigenvalue weighted by molar-refractivity contribution is -0.125. The van der Waals surface area contributed by atoms with Crippen molar-refractivity contribution in [1.29, 1.82) is 0 Å². The number of carbonyl (C=O) groups excluding carboxylic acids is 2. The maximum Gasteiger partial charge on any atom is 0.289 e.